The molecule has 1 unspecified atom stereocenters. The fourth-order valence-electron chi connectivity index (χ4n) is 6.42. The van der Waals surface area contributed by atoms with Crippen molar-refractivity contribution in [2.24, 2.45) is 0 Å². The van der Waals surface area contributed by atoms with Gasteiger partial charge in [-0.15, -0.1) is 0 Å². The molecule has 10 heteroatoms. The molecule has 0 saturated heterocycles. The second-order valence-electron chi connectivity index (χ2n) is 14.8. The number of unbranched alkanes of at least 4 members (excludes halogenated alkanes) is 26. The maximum atomic E-state index is 12.6. The van der Waals surface area contributed by atoms with Crippen molar-refractivity contribution in [3.8, 4) is 5.75 Å². The summed E-state index contributed by atoms with van der Waals surface area (Å²) in [6.07, 6.45) is 37.8. The van der Waals surface area contributed by atoms with E-state index in [-0.39, 0.29) is 19.0 Å². The van der Waals surface area contributed by atoms with Crippen LogP contribution in [-0.2, 0) is 14.0 Å². The van der Waals surface area contributed by atoms with E-state index in [0.29, 0.717) is 18.8 Å². The Balaban J connectivity index is 2.31. The highest BCUT2D eigenvalue weighted by Crippen LogP contribution is 2.43. The molecular weight excluding hydrogens is 689 g/mol. The third kappa shape index (κ3) is 33.5. The van der Waals surface area contributed by atoms with Crippen LogP contribution in [0.25, 0.3) is 6.08 Å². The van der Waals surface area contributed by atoms with Crippen LogP contribution in [-0.4, -0.2) is 37.5 Å². The lowest BCUT2D eigenvalue weighted by Gasteiger charge is -2.32. The Morgan fingerprint density at radius 3 is 1.40 bits per heavy atom. The second-order valence-corrected chi connectivity index (χ2v) is 16.1. The summed E-state index contributed by atoms with van der Waals surface area (Å²) in [5, 5.41) is 10.5. The average molecular weight is 767 g/mol. The highest BCUT2D eigenvalue weighted by Gasteiger charge is 2.22. The van der Waals surface area contributed by atoms with Gasteiger partial charge in [0.15, 0.2) is 5.75 Å². The third-order valence-electron chi connectivity index (χ3n) is 9.70. The number of phosphoric acid groups is 1. The molecular formula is C43H77NO8P-. The van der Waals surface area contributed by atoms with Gasteiger partial charge in [0, 0.05) is 19.3 Å². The molecule has 1 aromatic carbocycles. The van der Waals surface area contributed by atoms with Crippen molar-refractivity contribution in [2.75, 3.05) is 26.4 Å². The molecule has 53 heavy (non-hydrogen) atoms. The zero-order valence-electron chi connectivity index (χ0n) is 33.8. The summed E-state index contributed by atoms with van der Waals surface area (Å²) in [6.45, 7) is 5.73. The lowest BCUT2D eigenvalue weighted by molar-refractivity contribution is -0.400. The van der Waals surface area contributed by atoms with Crippen LogP contribution in [0.5, 0.6) is 5.75 Å². The van der Waals surface area contributed by atoms with E-state index in [4.69, 9.17) is 18.5 Å². The van der Waals surface area contributed by atoms with Crippen LogP contribution in [0.2, 0.25) is 0 Å². The van der Waals surface area contributed by atoms with Crippen molar-refractivity contribution in [3.05, 3.63) is 46.1 Å². The van der Waals surface area contributed by atoms with Gasteiger partial charge in [0.2, 0.25) is 14.4 Å². The monoisotopic (exact) mass is 767 g/mol. The Morgan fingerprint density at radius 1 is 0.585 bits per heavy atom. The van der Waals surface area contributed by atoms with Gasteiger partial charge < -0.3 is 23.8 Å². The van der Waals surface area contributed by atoms with Gasteiger partial charge >= 0.3 is 0 Å². The molecule has 0 radical (unpaired) electrons. The topological polar surface area (TPSA) is 126 Å². The van der Waals surface area contributed by atoms with Crippen LogP contribution in [0.3, 0.4) is 0 Å². The van der Waals surface area contributed by atoms with Gasteiger partial charge in [-0.3, -0.25) is 10.1 Å². The van der Waals surface area contributed by atoms with E-state index in [1.807, 2.05) is 0 Å². The van der Waals surface area contributed by atoms with Crippen molar-refractivity contribution in [1.82, 2.24) is 0 Å². The van der Waals surface area contributed by atoms with Crippen molar-refractivity contribution < 1.29 is 33.2 Å². The Bertz CT molecular complexity index is 978. The molecule has 0 heterocycles. The molecule has 0 fully saturated rings. The lowest BCUT2D eigenvalue weighted by atomic mass is 10.0. The minimum atomic E-state index is -4.68. The zero-order chi connectivity index (χ0) is 38.5. The highest BCUT2D eigenvalue weighted by atomic mass is 31.2. The van der Waals surface area contributed by atoms with Gasteiger partial charge in [0.25, 0.3) is 0 Å². The van der Waals surface area contributed by atoms with Crippen molar-refractivity contribution in [3.63, 3.8) is 0 Å². The van der Waals surface area contributed by atoms with Crippen LogP contribution < -0.4 is 14.3 Å². The summed E-state index contributed by atoms with van der Waals surface area (Å²) in [5.74, 6) is 0.0653. The van der Waals surface area contributed by atoms with Gasteiger partial charge in [0.05, 0.1) is 11.5 Å². The molecule has 1 aromatic rings. The van der Waals surface area contributed by atoms with Gasteiger partial charge in [-0.2, -0.15) is 0 Å². The summed E-state index contributed by atoms with van der Waals surface area (Å²) in [4.78, 5) is 35.2. The van der Waals surface area contributed by atoms with Gasteiger partial charge in [0.1, 0.15) is 12.7 Å². The molecule has 0 saturated carbocycles. The van der Waals surface area contributed by atoms with Crippen LogP contribution in [0.4, 0.5) is 0 Å². The van der Waals surface area contributed by atoms with E-state index in [1.54, 1.807) is 0 Å². The number of hydrogen-bond acceptors (Lipinski definition) is 8. The van der Waals surface area contributed by atoms with Crippen molar-refractivity contribution >= 4 is 14.2 Å². The SMILES string of the molecule is CCCCCCCCCCCCCCCCOCC(CO[P+]([O-])([O-])Oc1ccc(/C=C/[N+](=O)[O-])cc1)OCCCCCCCCCCCCCCCC. The third-order valence-corrected chi connectivity index (χ3v) is 10.6. The molecule has 0 aromatic heterocycles. The first-order valence-corrected chi connectivity index (χ1v) is 23.1. The molecule has 0 aliphatic heterocycles. The van der Waals surface area contributed by atoms with E-state index in [1.165, 1.54) is 184 Å². The minimum Gasteiger partial charge on any atom is -0.627 e. The number of ether oxygens (including phenoxy) is 2. The van der Waals surface area contributed by atoms with Gasteiger partial charge in [-0.05, 0) is 30.5 Å². The average Bonchev–Trinajstić information content (AvgIpc) is 3.14. The fraction of sp³-hybridized carbons (Fsp3) is 0.814. The normalized spacial score (nSPS) is 12.5. The van der Waals surface area contributed by atoms with Crippen LogP contribution in [0, 0.1) is 10.1 Å². The predicted molar refractivity (Wildman–Crippen MR) is 217 cm³/mol. The lowest BCUT2D eigenvalue weighted by Crippen LogP contribution is -2.34. The fourth-order valence-corrected chi connectivity index (χ4v) is 7.20. The van der Waals surface area contributed by atoms with Crippen LogP contribution in [0.1, 0.15) is 199 Å². The predicted octanol–water partition coefficient (Wildman–Crippen LogP) is 12.1. The summed E-state index contributed by atoms with van der Waals surface area (Å²) >= 11 is 0. The first-order chi connectivity index (χ1) is 25.9. The van der Waals surface area contributed by atoms with E-state index >= 15 is 0 Å². The van der Waals surface area contributed by atoms with Crippen LogP contribution in [0.15, 0.2) is 30.5 Å². The number of nitrogens with zero attached hydrogens (tertiary/aromatic N) is 1. The Labute approximate surface area is 324 Å². The molecule has 0 aliphatic rings. The highest BCUT2D eigenvalue weighted by molar-refractivity contribution is 7.51. The first-order valence-electron chi connectivity index (χ1n) is 21.6. The smallest absolute Gasteiger partial charge is 0.247 e. The molecule has 0 spiro atoms. The summed E-state index contributed by atoms with van der Waals surface area (Å²) in [7, 11) is -4.68. The largest absolute Gasteiger partial charge is 0.627 e. The molecule has 1 atom stereocenters. The molecule has 0 amide bonds. The number of rotatable bonds is 40. The van der Waals surface area contributed by atoms with E-state index < -0.39 is 19.2 Å². The van der Waals surface area contributed by atoms with E-state index in [2.05, 4.69) is 13.8 Å². The minimum absolute atomic E-state index is 0.0653. The molecule has 0 N–H and O–H groups in total. The number of hydrogen-bond donors (Lipinski definition) is 0. The van der Waals surface area contributed by atoms with Gasteiger partial charge in [-0.1, -0.05) is 193 Å². The molecule has 0 bridgehead atoms. The number of nitro groups is 1. The summed E-state index contributed by atoms with van der Waals surface area (Å²) in [5.41, 5.74) is 0.545. The maximum absolute atomic E-state index is 12.6. The van der Waals surface area contributed by atoms with Gasteiger partial charge in [-0.25, -0.2) is 4.52 Å². The Kier molecular flexibility index (Phi) is 33.6. The standard InChI is InChI=1S/C43H78NO8P/c1-3-5-7-9-11-13-15-17-19-21-23-25-27-29-37-49-39-43(50-38-30-28-26-24-22-20-18-16-14-12-10-8-6-4-2)40-51-53(47,48)52-42-33-31-41(32-34-42)35-36-44(45)46/h31-36,43H,3-30,37-40H2,1-2H3,(H,47,48)/p-1/b36-35+. The molecule has 9 nitrogen and oxygen atoms in total. The summed E-state index contributed by atoms with van der Waals surface area (Å²) < 4.78 is 22.3. The number of benzene rings is 1. The van der Waals surface area contributed by atoms with Crippen LogP contribution >= 0.6 is 8.17 Å². The Hall–Kier alpha value is -1.61. The first kappa shape index (κ1) is 49.4. The van der Waals surface area contributed by atoms with E-state index in [0.717, 1.165) is 31.9 Å². The maximum Gasteiger partial charge on any atom is 0.247 e. The Morgan fingerprint density at radius 2 is 0.981 bits per heavy atom. The zero-order valence-corrected chi connectivity index (χ0v) is 34.7. The van der Waals surface area contributed by atoms with Crippen molar-refractivity contribution in [1.29, 1.82) is 0 Å². The second kappa shape index (κ2) is 36.1. The van der Waals surface area contributed by atoms with E-state index in [9.17, 15) is 19.9 Å². The molecule has 308 valence electrons. The van der Waals surface area contributed by atoms with Crippen molar-refractivity contribution in [2.45, 2.75) is 200 Å². The molecule has 0 aliphatic carbocycles. The molecule has 1 rings (SSSR count). The summed E-state index contributed by atoms with van der Waals surface area (Å²) in [6, 6.07) is 5.92. The quantitative estimate of drug-likeness (QED) is 0.0280. The number of phosphoric ester groups is 1.